The Balaban J connectivity index is 2.45. The van der Waals surface area contributed by atoms with Crippen LogP contribution < -0.4 is 5.32 Å². The highest BCUT2D eigenvalue weighted by molar-refractivity contribution is 5.89. The molecule has 0 aliphatic heterocycles. The first kappa shape index (κ1) is 9.77. The Morgan fingerprint density at radius 1 is 1.69 bits per heavy atom. The Bertz CT molecular complexity index is 291. The highest BCUT2D eigenvalue weighted by Crippen LogP contribution is 2.05. The van der Waals surface area contributed by atoms with Crippen LogP contribution in [0.2, 0.25) is 0 Å². The largest absolute Gasteiger partial charge is 0.309 e. The van der Waals surface area contributed by atoms with Crippen LogP contribution in [0, 0.1) is 5.92 Å². The lowest BCUT2D eigenvalue weighted by molar-refractivity contribution is -0.116. The number of rotatable bonds is 3. The van der Waals surface area contributed by atoms with Gasteiger partial charge in [-0.1, -0.05) is 13.8 Å². The van der Waals surface area contributed by atoms with Crippen LogP contribution in [-0.2, 0) is 11.8 Å². The van der Waals surface area contributed by atoms with Gasteiger partial charge in [-0.25, -0.2) is 0 Å². The SMILES string of the molecule is CC(C)CC(=O)Nc1ccn(C)n1. The van der Waals surface area contributed by atoms with Gasteiger partial charge in [0.25, 0.3) is 0 Å². The van der Waals surface area contributed by atoms with Gasteiger partial charge in [-0.2, -0.15) is 5.10 Å². The molecule has 4 nitrogen and oxygen atoms in total. The summed E-state index contributed by atoms with van der Waals surface area (Å²) in [6.45, 7) is 4.02. The van der Waals surface area contributed by atoms with E-state index in [1.54, 1.807) is 16.9 Å². The summed E-state index contributed by atoms with van der Waals surface area (Å²) < 4.78 is 1.66. The van der Waals surface area contributed by atoms with Gasteiger partial charge in [0.1, 0.15) is 0 Å². The normalized spacial score (nSPS) is 10.5. The second-order valence-corrected chi connectivity index (χ2v) is 3.52. The molecule has 0 saturated carbocycles. The van der Waals surface area contributed by atoms with Crippen molar-refractivity contribution in [3.63, 3.8) is 0 Å². The number of aromatic nitrogens is 2. The number of aryl methyl sites for hydroxylation is 1. The Morgan fingerprint density at radius 3 is 2.85 bits per heavy atom. The van der Waals surface area contributed by atoms with E-state index in [1.165, 1.54) is 0 Å². The zero-order valence-electron chi connectivity index (χ0n) is 8.24. The van der Waals surface area contributed by atoms with E-state index in [2.05, 4.69) is 10.4 Å². The van der Waals surface area contributed by atoms with Crippen molar-refractivity contribution in [2.45, 2.75) is 20.3 Å². The fraction of sp³-hybridized carbons (Fsp3) is 0.556. The second-order valence-electron chi connectivity index (χ2n) is 3.52. The Morgan fingerprint density at radius 2 is 2.38 bits per heavy atom. The van der Waals surface area contributed by atoms with E-state index < -0.39 is 0 Å². The minimum atomic E-state index is 0.0219. The molecule has 1 rings (SSSR count). The molecule has 0 radical (unpaired) electrons. The molecule has 13 heavy (non-hydrogen) atoms. The van der Waals surface area contributed by atoms with E-state index in [4.69, 9.17) is 0 Å². The van der Waals surface area contributed by atoms with Gasteiger partial charge in [-0.05, 0) is 5.92 Å². The third-order valence-corrected chi connectivity index (χ3v) is 1.57. The Kier molecular flexibility index (Phi) is 3.06. The molecule has 4 heteroatoms. The molecule has 0 aromatic carbocycles. The summed E-state index contributed by atoms with van der Waals surface area (Å²) >= 11 is 0. The van der Waals surface area contributed by atoms with Crippen LogP contribution in [0.1, 0.15) is 20.3 Å². The molecular formula is C9H15N3O. The van der Waals surface area contributed by atoms with Crippen molar-refractivity contribution in [1.29, 1.82) is 0 Å². The molecule has 1 amide bonds. The quantitative estimate of drug-likeness (QED) is 0.766. The molecule has 0 atom stereocenters. The lowest BCUT2D eigenvalue weighted by Crippen LogP contribution is -2.14. The molecule has 0 aliphatic rings. The molecule has 1 N–H and O–H groups in total. The van der Waals surface area contributed by atoms with E-state index in [9.17, 15) is 4.79 Å². The van der Waals surface area contributed by atoms with Crippen LogP contribution in [0.5, 0.6) is 0 Å². The van der Waals surface area contributed by atoms with Gasteiger partial charge in [0.15, 0.2) is 5.82 Å². The van der Waals surface area contributed by atoms with E-state index in [0.29, 0.717) is 18.2 Å². The summed E-state index contributed by atoms with van der Waals surface area (Å²) in [4.78, 5) is 11.3. The van der Waals surface area contributed by atoms with Crippen molar-refractivity contribution in [3.05, 3.63) is 12.3 Å². The first-order chi connectivity index (χ1) is 6.08. The summed E-state index contributed by atoms with van der Waals surface area (Å²) in [7, 11) is 1.82. The van der Waals surface area contributed by atoms with Crippen molar-refractivity contribution < 1.29 is 4.79 Å². The number of anilines is 1. The van der Waals surface area contributed by atoms with Crippen molar-refractivity contribution in [1.82, 2.24) is 9.78 Å². The molecule has 0 saturated heterocycles. The maximum atomic E-state index is 11.3. The second kappa shape index (κ2) is 4.07. The monoisotopic (exact) mass is 181 g/mol. The zero-order valence-corrected chi connectivity index (χ0v) is 8.24. The van der Waals surface area contributed by atoms with Gasteiger partial charge in [0.05, 0.1) is 0 Å². The lowest BCUT2D eigenvalue weighted by Gasteiger charge is -2.03. The van der Waals surface area contributed by atoms with E-state index >= 15 is 0 Å². The first-order valence-electron chi connectivity index (χ1n) is 4.37. The van der Waals surface area contributed by atoms with Crippen LogP contribution in [-0.4, -0.2) is 15.7 Å². The number of nitrogens with one attached hydrogen (secondary N) is 1. The van der Waals surface area contributed by atoms with Crippen molar-refractivity contribution >= 4 is 11.7 Å². The van der Waals surface area contributed by atoms with Crippen LogP contribution in [0.25, 0.3) is 0 Å². The summed E-state index contributed by atoms with van der Waals surface area (Å²) in [6.07, 6.45) is 2.33. The van der Waals surface area contributed by atoms with Crippen LogP contribution >= 0.6 is 0 Å². The predicted octanol–water partition coefficient (Wildman–Crippen LogP) is 1.40. The zero-order chi connectivity index (χ0) is 9.84. The molecule has 1 aromatic rings. The fourth-order valence-corrected chi connectivity index (χ4v) is 1.05. The van der Waals surface area contributed by atoms with E-state index in [-0.39, 0.29) is 5.91 Å². The standard InChI is InChI=1S/C9H15N3O/c1-7(2)6-9(13)10-8-4-5-12(3)11-8/h4-5,7H,6H2,1-3H3,(H,10,11,13). The van der Waals surface area contributed by atoms with Crippen LogP contribution in [0.3, 0.4) is 0 Å². The minimum absolute atomic E-state index is 0.0219. The number of amides is 1. The van der Waals surface area contributed by atoms with Gasteiger partial charge in [-0.15, -0.1) is 0 Å². The fourth-order valence-electron chi connectivity index (χ4n) is 1.05. The molecule has 0 unspecified atom stereocenters. The van der Waals surface area contributed by atoms with Crippen LogP contribution in [0.4, 0.5) is 5.82 Å². The van der Waals surface area contributed by atoms with Gasteiger partial charge >= 0.3 is 0 Å². The van der Waals surface area contributed by atoms with Gasteiger partial charge in [0.2, 0.25) is 5.91 Å². The first-order valence-corrected chi connectivity index (χ1v) is 4.37. The molecule has 72 valence electrons. The van der Waals surface area contributed by atoms with Gasteiger partial charge in [0, 0.05) is 25.7 Å². The topological polar surface area (TPSA) is 46.9 Å². The summed E-state index contributed by atoms with van der Waals surface area (Å²) in [5.41, 5.74) is 0. The highest BCUT2D eigenvalue weighted by atomic mass is 16.1. The molecule has 0 bridgehead atoms. The molecule has 1 aromatic heterocycles. The smallest absolute Gasteiger partial charge is 0.225 e. The summed E-state index contributed by atoms with van der Waals surface area (Å²) in [6, 6.07) is 1.78. The third kappa shape index (κ3) is 3.27. The average molecular weight is 181 g/mol. The van der Waals surface area contributed by atoms with Crippen molar-refractivity contribution in [2.75, 3.05) is 5.32 Å². The van der Waals surface area contributed by atoms with Crippen molar-refractivity contribution in [3.8, 4) is 0 Å². The molecule has 1 heterocycles. The molecule has 0 aliphatic carbocycles. The summed E-state index contributed by atoms with van der Waals surface area (Å²) in [5, 5.41) is 6.77. The highest BCUT2D eigenvalue weighted by Gasteiger charge is 2.05. The van der Waals surface area contributed by atoms with E-state index in [0.717, 1.165) is 0 Å². The summed E-state index contributed by atoms with van der Waals surface area (Å²) in [5.74, 6) is 1.02. The number of hydrogen-bond donors (Lipinski definition) is 1. The van der Waals surface area contributed by atoms with Crippen LogP contribution in [0.15, 0.2) is 12.3 Å². The lowest BCUT2D eigenvalue weighted by atomic mass is 10.1. The number of carbonyl (C=O) groups is 1. The molecular weight excluding hydrogens is 166 g/mol. The minimum Gasteiger partial charge on any atom is -0.309 e. The number of hydrogen-bond acceptors (Lipinski definition) is 2. The van der Waals surface area contributed by atoms with E-state index in [1.807, 2.05) is 20.9 Å². The third-order valence-electron chi connectivity index (χ3n) is 1.57. The Labute approximate surface area is 77.9 Å². The van der Waals surface area contributed by atoms with Gasteiger partial charge in [-0.3, -0.25) is 9.48 Å². The number of nitrogens with zero attached hydrogens (tertiary/aromatic N) is 2. The Hall–Kier alpha value is -1.32. The van der Waals surface area contributed by atoms with Gasteiger partial charge < -0.3 is 5.32 Å². The maximum absolute atomic E-state index is 11.3. The maximum Gasteiger partial charge on any atom is 0.225 e. The number of carbonyl (C=O) groups excluding carboxylic acids is 1. The molecule has 0 spiro atoms. The average Bonchev–Trinajstić information content (AvgIpc) is 2.33. The predicted molar refractivity (Wildman–Crippen MR) is 51.3 cm³/mol. The van der Waals surface area contributed by atoms with Crippen molar-refractivity contribution in [2.24, 2.45) is 13.0 Å². The molecule has 0 fully saturated rings.